The molecule has 2 heterocycles. The Morgan fingerprint density at radius 2 is 1.82 bits per heavy atom. The molecule has 7 heteroatoms. The summed E-state index contributed by atoms with van der Waals surface area (Å²) in [4.78, 5) is 34.0. The van der Waals surface area contributed by atoms with Gasteiger partial charge >= 0.3 is 0 Å². The third-order valence-corrected chi connectivity index (χ3v) is 6.69. The Labute approximate surface area is 201 Å². The van der Waals surface area contributed by atoms with Gasteiger partial charge in [0.1, 0.15) is 6.04 Å². The van der Waals surface area contributed by atoms with E-state index in [-0.39, 0.29) is 18.2 Å². The number of aryl methyl sites for hydroxylation is 1. The molecule has 0 saturated carbocycles. The number of nitrogens with one attached hydrogen (secondary N) is 3. The maximum absolute atomic E-state index is 13.3. The lowest BCUT2D eigenvalue weighted by Crippen LogP contribution is -2.45. The number of nitrogens with zero attached hydrogens (tertiary/aromatic N) is 1. The van der Waals surface area contributed by atoms with Crippen molar-refractivity contribution in [1.29, 1.82) is 0 Å². The largest absolute Gasteiger partial charge is 0.358 e. The third kappa shape index (κ3) is 4.70. The Balaban J connectivity index is 1.35. The van der Waals surface area contributed by atoms with Gasteiger partial charge in [0.25, 0.3) is 0 Å². The van der Waals surface area contributed by atoms with E-state index in [0.29, 0.717) is 12.1 Å². The van der Waals surface area contributed by atoms with Crippen molar-refractivity contribution in [3.63, 3.8) is 0 Å². The molecule has 0 aliphatic heterocycles. The van der Waals surface area contributed by atoms with Gasteiger partial charge in [-0.1, -0.05) is 48.5 Å². The van der Waals surface area contributed by atoms with Crippen molar-refractivity contribution in [1.82, 2.24) is 15.3 Å². The molecule has 3 aromatic carbocycles. The van der Waals surface area contributed by atoms with Gasteiger partial charge in [-0.15, -0.1) is 11.3 Å². The minimum Gasteiger partial charge on any atom is -0.358 e. The molecular formula is C27H24N4O2S. The highest BCUT2D eigenvalue weighted by Gasteiger charge is 2.23. The van der Waals surface area contributed by atoms with E-state index in [1.165, 1.54) is 11.3 Å². The molecule has 0 radical (unpaired) electrons. The van der Waals surface area contributed by atoms with E-state index >= 15 is 0 Å². The number of hydrogen-bond donors (Lipinski definition) is 3. The second-order valence-corrected chi connectivity index (χ2v) is 9.17. The average molecular weight is 469 g/mol. The van der Waals surface area contributed by atoms with Gasteiger partial charge in [-0.3, -0.25) is 9.59 Å². The highest BCUT2D eigenvalue weighted by Crippen LogP contribution is 2.23. The van der Waals surface area contributed by atoms with Crippen LogP contribution in [0.15, 0.2) is 78.3 Å². The topological polar surface area (TPSA) is 86.9 Å². The molecule has 2 aromatic heterocycles. The molecule has 6 nitrogen and oxygen atoms in total. The number of aromatic nitrogens is 2. The Morgan fingerprint density at radius 3 is 2.68 bits per heavy atom. The van der Waals surface area contributed by atoms with Crippen LogP contribution in [0.5, 0.6) is 0 Å². The molecule has 5 aromatic rings. The number of para-hydroxylation sites is 1. The van der Waals surface area contributed by atoms with Crippen LogP contribution in [0.4, 0.5) is 5.69 Å². The number of fused-ring (bicyclic) bond motifs is 2. The van der Waals surface area contributed by atoms with Crippen LogP contribution < -0.4 is 10.6 Å². The van der Waals surface area contributed by atoms with Crippen LogP contribution in [-0.2, 0) is 22.4 Å². The summed E-state index contributed by atoms with van der Waals surface area (Å²) in [5.74, 6) is -0.446. The van der Waals surface area contributed by atoms with Crippen molar-refractivity contribution < 1.29 is 9.59 Å². The first-order valence-corrected chi connectivity index (χ1v) is 12.0. The Morgan fingerprint density at radius 1 is 1.03 bits per heavy atom. The van der Waals surface area contributed by atoms with E-state index in [1.807, 2.05) is 79.7 Å². The lowest BCUT2D eigenvalue weighted by molar-refractivity contribution is -0.126. The van der Waals surface area contributed by atoms with Gasteiger partial charge < -0.3 is 15.6 Å². The summed E-state index contributed by atoms with van der Waals surface area (Å²) in [6.45, 7) is 1.96. The average Bonchev–Trinajstić information content (AvgIpc) is 3.43. The van der Waals surface area contributed by atoms with Gasteiger partial charge in [0.2, 0.25) is 11.8 Å². The molecule has 5 rings (SSSR count). The van der Waals surface area contributed by atoms with Crippen LogP contribution in [0.2, 0.25) is 0 Å². The van der Waals surface area contributed by atoms with Gasteiger partial charge in [0.15, 0.2) is 0 Å². The molecule has 0 aliphatic carbocycles. The van der Waals surface area contributed by atoms with E-state index in [9.17, 15) is 9.59 Å². The van der Waals surface area contributed by atoms with Crippen LogP contribution >= 0.6 is 11.3 Å². The van der Waals surface area contributed by atoms with E-state index in [1.54, 1.807) is 5.51 Å². The number of anilines is 1. The number of hydrogen-bond acceptors (Lipinski definition) is 4. The molecule has 1 atom stereocenters. The summed E-state index contributed by atoms with van der Waals surface area (Å²) in [5.41, 5.74) is 7.24. The van der Waals surface area contributed by atoms with E-state index in [0.717, 1.165) is 37.9 Å². The SMILES string of the molecule is Cc1[nH]c2ccccc2c1CC(=O)N[C@@H](Cc1ccccc1)C(=O)Nc1ccc2ncsc2c1. The van der Waals surface area contributed by atoms with Crippen LogP contribution in [0.1, 0.15) is 16.8 Å². The number of thiazole rings is 1. The zero-order chi connectivity index (χ0) is 23.5. The van der Waals surface area contributed by atoms with Crippen molar-refractivity contribution in [2.75, 3.05) is 5.32 Å². The summed E-state index contributed by atoms with van der Waals surface area (Å²) in [6, 6.07) is 22.5. The van der Waals surface area contributed by atoms with Gasteiger partial charge in [-0.2, -0.15) is 0 Å². The standard InChI is InChI=1S/C27H24N4O2S/c1-17-21(20-9-5-6-10-22(20)29-17)15-26(32)31-24(13-18-7-3-2-4-8-18)27(33)30-19-11-12-23-25(14-19)34-16-28-23/h2-12,14,16,24,29H,13,15H2,1H3,(H,30,33)(H,31,32)/t24-/m0/s1. The molecule has 0 bridgehead atoms. The van der Waals surface area contributed by atoms with Crippen LogP contribution in [0.25, 0.3) is 21.1 Å². The first kappa shape index (κ1) is 21.9. The molecule has 2 amide bonds. The Bertz CT molecular complexity index is 1470. The fourth-order valence-corrected chi connectivity index (χ4v) is 4.91. The highest BCUT2D eigenvalue weighted by atomic mass is 32.1. The normalized spacial score (nSPS) is 12.0. The fourth-order valence-electron chi connectivity index (χ4n) is 4.19. The smallest absolute Gasteiger partial charge is 0.247 e. The van der Waals surface area contributed by atoms with Gasteiger partial charge in [-0.25, -0.2) is 4.98 Å². The molecule has 0 unspecified atom stereocenters. The van der Waals surface area contributed by atoms with Gasteiger partial charge in [0, 0.05) is 28.7 Å². The van der Waals surface area contributed by atoms with Crippen LogP contribution in [-0.4, -0.2) is 27.8 Å². The maximum atomic E-state index is 13.3. The minimum absolute atomic E-state index is 0.193. The number of carbonyl (C=O) groups is 2. The van der Waals surface area contributed by atoms with Crippen LogP contribution in [0.3, 0.4) is 0 Å². The van der Waals surface area contributed by atoms with Gasteiger partial charge in [-0.05, 0) is 42.3 Å². The monoisotopic (exact) mass is 468 g/mol. The number of amides is 2. The second kappa shape index (κ2) is 9.49. The van der Waals surface area contributed by atoms with E-state index < -0.39 is 6.04 Å². The maximum Gasteiger partial charge on any atom is 0.247 e. The van der Waals surface area contributed by atoms with Gasteiger partial charge in [0.05, 0.1) is 22.1 Å². The zero-order valence-electron chi connectivity index (χ0n) is 18.7. The van der Waals surface area contributed by atoms with Crippen molar-refractivity contribution in [2.24, 2.45) is 0 Å². The summed E-state index contributed by atoms with van der Waals surface area (Å²) < 4.78 is 0.997. The van der Waals surface area contributed by atoms with Crippen molar-refractivity contribution in [2.45, 2.75) is 25.8 Å². The molecule has 34 heavy (non-hydrogen) atoms. The van der Waals surface area contributed by atoms with Crippen molar-refractivity contribution >= 4 is 50.0 Å². The van der Waals surface area contributed by atoms with Crippen molar-refractivity contribution in [3.05, 3.63) is 95.1 Å². The van der Waals surface area contributed by atoms with Crippen molar-refractivity contribution in [3.8, 4) is 0 Å². The Hall–Kier alpha value is -3.97. The summed E-state index contributed by atoms with van der Waals surface area (Å²) in [5, 5.41) is 6.97. The summed E-state index contributed by atoms with van der Waals surface area (Å²) >= 11 is 1.52. The minimum atomic E-state index is -0.711. The molecule has 0 saturated heterocycles. The fraction of sp³-hybridized carbons (Fsp3) is 0.148. The molecule has 0 spiro atoms. The number of benzene rings is 3. The Kier molecular flexibility index (Phi) is 6.10. The summed E-state index contributed by atoms with van der Waals surface area (Å²) in [6.07, 6.45) is 0.593. The number of aromatic amines is 1. The number of rotatable bonds is 7. The highest BCUT2D eigenvalue weighted by molar-refractivity contribution is 7.16. The molecule has 0 aliphatic rings. The third-order valence-electron chi connectivity index (χ3n) is 5.90. The quantitative estimate of drug-likeness (QED) is 0.314. The number of carbonyl (C=O) groups excluding carboxylic acids is 2. The first-order valence-electron chi connectivity index (χ1n) is 11.1. The predicted octanol–water partition coefficient (Wildman–Crippen LogP) is 4.99. The van der Waals surface area contributed by atoms with E-state index in [2.05, 4.69) is 20.6 Å². The predicted molar refractivity (Wildman–Crippen MR) is 137 cm³/mol. The van der Waals surface area contributed by atoms with Crippen LogP contribution in [0, 0.1) is 6.92 Å². The molecule has 0 fully saturated rings. The summed E-state index contributed by atoms with van der Waals surface area (Å²) in [7, 11) is 0. The van der Waals surface area contributed by atoms with E-state index in [4.69, 9.17) is 0 Å². The number of H-pyrrole nitrogens is 1. The second-order valence-electron chi connectivity index (χ2n) is 8.28. The first-order chi connectivity index (χ1) is 16.6. The zero-order valence-corrected chi connectivity index (χ0v) is 19.5. The lowest BCUT2D eigenvalue weighted by atomic mass is 10.0. The molecule has 3 N–H and O–H groups in total. The molecule has 170 valence electrons. The molecular weight excluding hydrogens is 444 g/mol. The lowest BCUT2D eigenvalue weighted by Gasteiger charge is -2.19.